The molecule has 0 fully saturated rings. The van der Waals surface area contributed by atoms with E-state index in [9.17, 15) is 4.79 Å². The van der Waals surface area contributed by atoms with E-state index < -0.39 is 5.97 Å². The molecule has 0 N–H and O–H groups in total. The quantitative estimate of drug-likeness (QED) is 0.294. The zero-order valence-corrected chi connectivity index (χ0v) is 15.6. The van der Waals surface area contributed by atoms with Gasteiger partial charge in [0.25, 0.3) is 0 Å². The summed E-state index contributed by atoms with van der Waals surface area (Å²) < 4.78 is 5.71. The minimum atomic E-state index is -0.486. The lowest BCUT2D eigenvalue weighted by Crippen LogP contribution is -2.13. The Kier molecular flexibility index (Phi) is 8.70. The third kappa shape index (κ3) is 7.28. The van der Waals surface area contributed by atoms with Crippen LogP contribution in [0.5, 0.6) is 5.75 Å². The summed E-state index contributed by atoms with van der Waals surface area (Å²) in [5, 5.41) is 0. The van der Waals surface area contributed by atoms with Crippen LogP contribution < -0.4 is 4.74 Å². The van der Waals surface area contributed by atoms with Crippen molar-refractivity contribution < 1.29 is 19.3 Å². The highest BCUT2D eigenvalue weighted by molar-refractivity contribution is 5.89. The Labute approximate surface area is 156 Å². The smallest absolute Gasteiger partial charge is 0.373 e. The predicted molar refractivity (Wildman–Crippen MR) is 102 cm³/mol. The van der Waals surface area contributed by atoms with Crippen LogP contribution in [0.1, 0.15) is 61.9 Å². The first kappa shape index (κ1) is 20.0. The summed E-state index contributed by atoms with van der Waals surface area (Å²) in [6.45, 7) is 4.59. The van der Waals surface area contributed by atoms with Gasteiger partial charge in [0.05, 0.1) is 5.56 Å². The van der Waals surface area contributed by atoms with E-state index in [1.54, 1.807) is 24.3 Å². The van der Waals surface area contributed by atoms with Gasteiger partial charge in [0.15, 0.2) is 0 Å². The minimum absolute atomic E-state index is 0.0933. The molecule has 0 saturated carbocycles. The van der Waals surface area contributed by atoms with Gasteiger partial charge in [-0.25, -0.2) is 4.79 Å². The van der Waals surface area contributed by atoms with Crippen molar-refractivity contribution in [2.24, 2.45) is 0 Å². The number of rotatable bonds is 11. The maximum Gasteiger partial charge on any atom is 0.373 e. The molecule has 0 radical (unpaired) electrons. The molecule has 26 heavy (non-hydrogen) atoms. The van der Waals surface area contributed by atoms with E-state index in [0.717, 1.165) is 18.4 Å². The lowest BCUT2D eigenvalue weighted by atomic mass is 10.1. The van der Waals surface area contributed by atoms with Crippen molar-refractivity contribution in [1.29, 1.82) is 0 Å². The van der Waals surface area contributed by atoms with Crippen molar-refractivity contribution in [3.8, 4) is 5.75 Å². The molecule has 0 aromatic heterocycles. The molecule has 0 heterocycles. The number of ether oxygens (including phenoxy) is 1. The minimum Gasteiger partial charge on any atom is -0.489 e. The molecule has 0 aliphatic carbocycles. The second-order valence-corrected chi connectivity index (χ2v) is 6.43. The van der Waals surface area contributed by atoms with Crippen LogP contribution in [-0.2, 0) is 16.4 Å². The molecule has 0 saturated heterocycles. The summed E-state index contributed by atoms with van der Waals surface area (Å²) in [6.07, 6.45) is 5.49. The molecule has 0 spiro atoms. The monoisotopic (exact) mass is 356 g/mol. The Hall–Kier alpha value is -2.33. The highest BCUT2D eigenvalue weighted by atomic mass is 17.2. The second-order valence-electron chi connectivity index (χ2n) is 6.43. The Balaban J connectivity index is 1.72. The number of hydrogen-bond donors (Lipinski definition) is 0. The lowest BCUT2D eigenvalue weighted by molar-refractivity contribution is -0.271. The van der Waals surface area contributed by atoms with Crippen molar-refractivity contribution >= 4 is 5.97 Å². The molecule has 2 rings (SSSR count). The van der Waals surface area contributed by atoms with E-state index in [2.05, 4.69) is 6.92 Å². The molecular weight excluding hydrogens is 328 g/mol. The highest BCUT2D eigenvalue weighted by Crippen LogP contribution is 2.16. The van der Waals surface area contributed by atoms with Crippen LogP contribution in [0.25, 0.3) is 0 Å². The Morgan fingerprint density at radius 3 is 2.38 bits per heavy atom. The topological polar surface area (TPSA) is 44.8 Å². The summed E-state index contributed by atoms with van der Waals surface area (Å²) in [5.74, 6) is 0.218. The van der Waals surface area contributed by atoms with Gasteiger partial charge in [-0.2, -0.15) is 4.89 Å². The van der Waals surface area contributed by atoms with E-state index in [1.165, 1.54) is 19.3 Å². The standard InChI is InChI=1S/C22H28O4/c1-3-4-5-7-10-18(2)25-26-22(23)20-13-15-21(16-14-20)24-17-19-11-8-6-9-12-19/h6,8-9,11-16,18H,3-5,7,10,17H2,1-2H3. The van der Waals surface area contributed by atoms with Crippen LogP contribution in [0.2, 0.25) is 0 Å². The normalized spacial score (nSPS) is 11.8. The highest BCUT2D eigenvalue weighted by Gasteiger charge is 2.11. The molecular formula is C22H28O4. The van der Waals surface area contributed by atoms with Gasteiger partial charge in [-0.15, -0.1) is 0 Å². The maximum absolute atomic E-state index is 12.0. The van der Waals surface area contributed by atoms with Gasteiger partial charge in [0, 0.05) is 0 Å². The predicted octanol–water partition coefficient (Wildman–Crippen LogP) is 5.71. The Morgan fingerprint density at radius 1 is 0.962 bits per heavy atom. The molecule has 4 heteroatoms. The number of unbranched alkanes of at least 4 members (excludes halogenated alkanes) is 3. The number of carbonyl (C=O) groups excluding carboxylic acids is 1. The van der Waals surface area contributed by atoms with E-state index in [-0.39, 0.29) is 6.10 Å². The molecule has 0 amide bonds. The first-order valence-electron chi connectivity index (χ1n) is 9.33. The number of benzene rings is 2. The van der Waals surface area contributed by atoms with Crippen LogP contribution >= 0.6 is 0 Å². The van der Waals surface area contributed by atoms with Crippen molar-refractivity contribution in [2.45, 2.75) is 58.7 Å². The van der Waals surface area contributed by atoms with Gasteiger partial charge >= 0.3 is 5.97 Å². The molecule has 4 nitrogen and oxygen atoms in total. The molecule has 0 bridgehead atoms. The SMILES string of the molecule is CCCCCCC(C)OOC(=O)c1ccc(OCc2ccccc2)cc1. The van der Waals surface area contributed by atoms with Crippen LogP contribution in [0.4, 0.5) is 0 Å². The summed E-state index contributed by atoms with van der Waals surface area (Å²) in [4.78, 5) is 22.2. The first-order valence-corrected chi connectivity index (χ1v) is 9.33. The Bertz CT molecular complexity index is 637. The van der Waals surface area contributed by atoms with Gasteiger partial charge in [0.2, 0.25) is 0 Å². The van der Waals surface area contributed by atoms with Crippen LogP contribution in [-0.4, -0.2) is 12.1 Å². The van der Waals surface area contributed by atoms with Crippen LogP contribution in [0.15, 0.2) is 54.6 Å². The van der Waals surface area contributed by atoms with Gasteiger partial charge in [-0.05, 0) is 43.2 Å². The van der Waals surface area contributed by atoms with Gasteiger partial charge in [0.1, 0.15) is 18.5 Å². The maximum atomic E-state index is 12.0. The van der Waals surface area contributed by atoms with E-state index in [4.69, 9.17) is 14.5 Å². The molecule has 2 aromatic carbocycles. The van der Waals surface area contributed by atoms with Crippen LogP contribution in [0.3, 0.4) is 0 Å². The third-order valence-electron chi connectivity index (χ3n) is 4.09. The van der Waals surface area contributed by atoms with Gasteiger partial charge < -0.3 is 4.74 Å². The largest absolute Gasteiger partial charge is 0.489 e. The van der Waals surface area contributed by atoms with E-state index >= 15 is 0 Å². The fourth-order valence-electron chi connectivity index (χ4n) is 2.51. The van der Waals surface area contributed by atoms with Crippen molar-refractivity contribution in [3.05, 3.63) is 65.7 Å². The van der Waals surface area contributed by atoms with E-state index in [1.807, 2.05) is 37.3 Å². The number of hydrogen-bond acceptors (Lipinski definition) is 4. The molecule has 2 aromatic rings. The molecule has 1 atom stereocenters. The molecule has 0 aliphatic heterocycles. The third-order valence-corrected chi connectivity index (χ3v) is 4.09. The van der Waals surface area contributed by atoms with Crippen molar-refractivity contribution in [3.63, 3.8) is 0 Å². The van der Waals surface area contributed by atoms with E-state index in [0.29, 0.717) is 17.9 Å². The van der Waals surface area contributed by atoms with Gasteiger partial charge in [-0.3, -0.25) is 4.89 Å². The summed E-state index contributed by atoms with van der Waals surface area (Å²) in [7, 11) is 0. The zero-order chi connectivity index (χ0) is 18.6. The average molecular weight is 356 g/mol. The number of carbonyl (C=O) groups is 1. The summed E-state index contributed by atoms with van der Waals surface area (Å²) in [6, 6.07) is 16.8. The fourth-order valence-corrected chi connectivity index (χ4v) is 2.51. The fraction of sp³-hybridized carbons (Fsp3) is 0.409. The van der Waals surface area contributed by atoms with Crippen LogP contribution in [0, 0.1) is 0 Å². The van der Waals surface area contributed by atoms with Crippen molar-refractivity contribution in [2.75, 3.05) is 0 Å². The van der Waals surface area contributed by atoms with Gasteiger partial charge in [-0.1, -0.05) is 62.9 Å². The van der Waals surface area contributed by atoms with Crippen molar-refractivity contribution in [1.82, 2.24) is 0 Å². The summed E-state index contributed by atoms with van der Waals surface area (Å²) >= 11 is 0. The molecule has 140 valence electrons. The molecule has 0 aliphatic rings. The second kappa shape index (κ2) is 11.3. The zero-order valence-electron chi connectivity index (χ0n) is 15.6. The lowest BCUT2D eigenvalue weighted by Gasteiger charge is -2.11. The Morgan fingerprint density at radius 2 is 1.69 bits per heavy atom. The first-order chi connectivity index (χ1) is 12.7. The molecule has 1 unspecified atom stereocenters. The summed E-state index contributed by atoms with van der Waals surface area (Å²) in [5.41, 5.74) is 1.53. The average Bonchev–Trinajstić information content (AvgIpc) is 2.69.